The van der Waals surface area contributed by atoms with Crippen LogP contribution < -0.4 is 9.47 Å². The van der Waals surface area contributed by atoms with E-state index in [-0.39, 0.29) is 22.8 Å². The number of carbonyl (C=O) groups excluding carboxylic acids is 1. The van der Waals surface area contributed by atoms with Crippen molar-refractivity contribution in [1.29, 1.82) is 0 Å². The van der Waals surface area contributed by atoms with Gasteiger partial charge >= 0.3 is 0 Å². The molecule has 118 valence electrons. The summed E-state index contributed by atoms with van der Waals surface area (Å²) in [5.41, 5.74) is 0.0264. The van der Waals surface area contributed by atoms with Gasteiger partial charge in [0.15, 0.2) is 5.78 Å². The minimum Gasteiger partial charge on any atom is -0.507 e. The number of phenols is 1. The summed E-state index contributed by atoms with van der Waals surface area (Å²) in [6.45, 7) is 0. The molecule has 0 amide bonds. The Labute approximate surface area is 128 Å². The zero-order valence-corrected chi connectivity index (χ0v) is 12.5. The standard InChI is InChI=1S/C16H19NO5/c1-21-15-10(9-17-20)11(18)7-13-14(15)12(19)8-16(22-13)5-3-2-4-6-16/h7,9,18,20H,2-6,8H2,1H3/b17-9+. The summed E-state index contributed by atoms with van der Waals surface area (Å²) in [6, 6.07) is 1.41. The summed E-state index contributed by atoms with van der Waals surface area (Å²) in [4.78, 5) is 12.7. The van der Waals surface area contributed by atoms with Crippen LogP contribution in [0.25, 0.3) is 0 Å². The van der Waals surface area contributed by atoms with Crippen molar-refractivity contribution < 1.29 is 24.6 Å². The molecule has 1 aromatic carbocycles. The number of benzene rings is 1. The van der Waals surface area contributed by atoms with Crippen molar-refractivity contribution in [3.63, 3.8) is 0 Å². The summed E-state index contributed by atoms with van der Waals surface area (Å²) in [5, 5.41) is 21.7. The van der Waals surface area contributed by atoms with Crippen molar-refractivity contribution in [3.05, 3.63) is 17.2 Å². The number of fused-ring (bicyclic) bond motifs is 1. The van der Waals surface area contributed by atoms with Crippen LogP contribution in [0.3, 0.4) is 0 Å². The van der Waals surface area contributed by atoms with Gasteiger partial charge in [-0.1, -0.05) is 11.6 Å². The molecule has 1 aliphatic carbocycles. The molecule has 0 atom stereocenters. The average Bonchev–Trinajstić information content (AvgIpc) is 2.49. The fourth-order valence-electron chi connectivity index (χ4n) is 3.50. The number of aromatic hydroxyl groups is 1. The van der Waals surface area contributed by atoms with Crippen molar-refractivity contribution in [2.24, 2.45) is 5.16 Å². The number of methoxy groups -OCH3 is 1. The van der Waals surface area contributed by atoms with Crippen LogP contribution in [0, 0.1) is 0 Å². The Balaban J connectivity index is 2.11. The maximum Gasteiger partial charge on any atom is 0.174 e. The largest absolute Gasteiger partial charge is 0.507 e. The van der Waals surface area contributed by atoms with Gasteiger partial charge in [0.2, 0.25) is 0 Å². The second-order valence-electron chi connectivity index (χ2n) is 5.91. The van der Waals surface area contributed by atoms with E-state index >= 15 is 0 Å². The van der Waals surface area contributed by atoms with Crippen molar-refractivity contribution in [2.75, 3.05) is 7.11 Å². The first-order chi connectivity index (χ1) is 10.6. The Morgan fingerprint density at radius 1 is 1.36 bits per heavy atom. The van der Waals surface area contributed by atoms with Crippen molar-refractivity contribution >= 4 is 12.0 Å². The Hall–Kier alpha value is -2.24. The van der Waals surface area contributed by atoms with Crippen molar-refractivity contribution in [1.82, 2.24) is 0 Å². The van der Waals surface area contributed by atoms with Crippen LogP contribution in [-0.2, 0) is 0 Å². The molecular formula is C16H19NO5. The van der Waals surface area contributed by atoms with Gasteiger partial charge in [-0.3, -0.25) is 4.79 Å². The second-order valence-corrected chi connectivity index (χ2v) is 5.91. The lowest BCUT2D eigenvalue weighted by Gasteiger charge is -2.41. The molecular weight excluding hydrogens is 286 g/mol. The predicted molar refractivity (Wildman–Crippen MR) is 79.4 cm³/mol. The molecule has 0 unspecified atom stereocenters. The molecule has 0 radical (unpaired) electrons. The van der Waals surface area contributed by atoms with Crippen LogP contribution in [0.1, 0.15) is 54.4 Å². The third-order valence-electron chi connectivity index (χ3n) is 4.51. The van der Waals surface area contributed by atoms with E-state index in [4.69, 9.17) is 14.7 Å². The Morgan fingerprint density at radius 3 is 2.73 bits per heavy atom. The third-order valence-corrected chi connectivity index (χ3v) is 4.51. The van der Waals surface area contributed by atoms with Crippen molar-refractivity contribution in [3.8, 4) is 17.2 Å². The van der Waals surface area contributed by atoms with Gasteiger partial charge < -0.3 is 19.8 Å². The topological polar surface area (TPSA) is 88.4 Å². The number of oxime groups is 1. The lowest BCUT2D eigenvalue weighted by molar-refractivity contribution is 0.0130. The van der Waals surface area contributed by atoms with Crippen LogP contribution >= 0.6 is 0 Å². The molecule has 1 heterocycles. The lowest BCUT2D eigenvalue weighted by atomic mass is 9.78. The molecule has 0 saturated heterocycles. The van der Waals surface area contributed by atoms with E-state index in [1.165, 1.54) is 13.2 Å². The highest BCUT2D eigenvalue weighted by Crippen LogP contribution is 2.47. The summed E-state index contributed by atoms with van der Waals surface area (Å²) in [7, 11) is 1.40. The number of carbonyl (C=O) groups is 1. The summed E-state index contributed by atoms with van der Waals surface area (Å²) in [5.74, 6) is 0.327. The van der Waals surface area contributed by atoms with E-state index in [1.54, 1.807) is 0 Å². The molecule has 3 rings (SSSR count). The van der Waals surface area contributed by atoms with Crippen LogP contribution in [0.4, 0.5) is 0 Å². The second kappa shape index (κ2) is 5.51. The molecule has 0 aromatic heterocycles. The number of phenolic OH excluding ortho intramolecular Hbond substituents is 1. The smallest absolute Gasteiger partial charge is 0.174 e. The monoisotopic (exact) mass is 305 g/mol. The Morgan fingerprint density at radius 2 is 2.09 bits per heavy atom. The van der Waals surface area contributed by atoms with Gasteiger partial charge in [0, 0.05) is 6.07 Å². The zero-order chi connectivity index (χ0) is 15.7. The molecule has 6 heteroatoms. The first-order valence-corrected chi connectivity index (χ1v) is 7.44. The van der Waals surface area contributed by atoms with E-state index in [0.717, 1.165) is 38.3 Å². The first-order valence-electron chi connectivity index (χ1n) is 7.44. The van der Waals surface area contributed by atoms with Crippen molar-refractivity contribution in [2.45, 2.75) is 44.1 Å². The van der Waals surface area contributed by atoms with E-state index < -0.39 is 5.60 Å². The summed E-state index contributed by atoms with van der Waals surface area (Å²) < 4.78 is 11.4. The number of hydrogen-bond donors (Lipinski definition) is 2. The fraction of sp³-hybridized carbons (Fsp3) is 0.500. The van der Waals surface area contributed by atoms with E-state index in [1.807, 2.05) is 0 Å². The molecule has 1 fully saturated rings. The molecule has 6 nitrogen and oxygen atoms in total. The zero-order valence-electron chi connectivity index (χ0n) is 12.5. The maximum atomic E-state index is 12.7. The van der Waals surface area contributed by atoms with Crippen LogP contribution in [-0.4, -0.2) is 35.0 Å². The van der Waals surface area contributed by atoms with Gasteiger partial charge in [0.25, 0.3) is 0 Å². The highest BCUT2D eigenvalue weighted by molar-refractivity contribution is 6.06. The molecule has 1 aromatic rings. The molecule has 1 saturated carbocycles. The number of ketones is 1. The number of hydrogen-bond acceptors (Lipinski definition) is 6. The molecule has 22 heavy (non-hydrogen) atoms. The fourth-order valence-corrected chi connectivity index (χ4v) is 3.50. The minimum atomic E-state index is -0.452. The maximum absolute atomic E-state index is 12.7. The van der Waals surface area contributed by atoms with Crippen LogP contribution in [0.2, 0.25) is 0 Å². The van der Waals surface area contributed by atoms with Gasteiger partial charge in [-0.2, -0.15) is 0 Å². The lowest BCUT2D eigenvalue weighted by Crippen LogP contribution is -2.43. The third kappa shape index (κ3) is 2.28. The van der Waals surface area contributed by atoms with Gasteiger partial charge in [0.1, 0.15) is 28.4 Å². The van der Waals surface area contributed by atoms with Crippen LogP contribution in [0.15, 0.2) is 11.2 Å². The normalized spacial score (nSPS) is 20.0. The number of nitrogens with zero attached hydrogens (tertiary/aromatic N) is 1. The average molecular weight is 305 g/mol. The molecule has 0 bridgehead atoms. The number of Topliss-reactive ketones (excluding diaryl/α,β-unsaturated/α-hetero) is 1. The van der Waals surface area contributed by atoms with Gasteiger partial charge in [-0.25, -0.2) is 0 Å². The quantitative estimate of drug-likeness (QED) is 0.498. The van der Waals surface area contributed by atoms with E-state index in [2.05, 4.69) is 5.16 Å². The SMILES string of the molecule is COc1c(/C=N/O)c(O)cc2c1C(=O)CC1(CCCCC1)O2. The highest BCUT2D eigenvalue weighted by Gasteiger charge is 2.43. The Kier molecular flexibility index (Phi) is 3.68. The molecule has 2 N–H and O–H groups in total. The summed E-state index contributed by atoms with van der Waals surface area (Å²) >= 11 is 0. The Bertz CT molecular complexity index is 632. The number of ether oxygens (including phenoxy) is 2. The van der Waals surface area contributed by atoms with E-state index in [9.17, 15) is 9.90 Å². The minimum absolute atomic E-state index is 0.0624. The van der Waals surface area contributed by atoms with E-state index in [0.29, 0.717) is 17.7 Å². The molecule has 1 aliphatic heterocycles. The number of rotatable bonds is 2. The first kappa shape index (κ1) is 14.7. The highest BCUT2D eigenvalue weighted by atomic mass is 16.5. The van der Waals surface area contributed by atoms with Gasteiger partial charge in [-0.15, -0.1) is 0 Å². The van der Waals surface area contributed by atoms with Crippen LogP contribution in [0.5, 0.6) is 17.2 Å². The van der Waals surface area contributed by atoms with Gasteiger partial charge in [-0.05, 0) is 25.7 Å². The summed E-state index contributed by atoms with van der Waals surface area (Å²) in [6.07, 6.45) is 6.31. The van der Waals surface area contributed by atoms with Gasteiger partial charge in [0.05, 0.1) is 25.3 Å². The predicted octanol–water partition coefficient (Wildman–Crippen LogP) is 2.88. The molecule has 1 spiro atoms. The molecule has 2 aliphatic rings.